The summed E-state index contributed by atoms with van der Waals surface area (Å²) < 4.78 is 6.55. The average Bonchev–Trinajstić information content (AvgIpc) is 2.64. The standard InChI is InChI=1S/C12H21N5O2S/c1-8-10(11(13)20)12(17(3)15-8)16(2)7-9(18)14-5-6-19-4/h5-7H2,1-4H3,(H2,13,20)(H,14,18). The number of likely N-dealkylation sites (N-methyl/N-ethyl adjacent to an activating group) is 1. The molecule has 1 amide bonds. The minimum atomic E-state index is -0.0997. The Labute approximate surface area is 124 Å². The normalized spacial score (nSPS) is 10.4. The van der Waals surface area contributed by atoms with Crippen molar-refractivity contribution < 1.29 is 9.53 Å². The predicted molar refractivity (Wildman–Crippen MR) is 82.0 cm³/mol. The van der Waals surface area contributed by atoms with Gasteiger partial charge in [-0.05, 0) is 6.92 Å². The lowest BCUT2D eigenvalue weighted by atomic mass is 10.2. The lowest BCUT2D eigenvalue weighted by Crippen LogP contribution is -2.38. The van der Waals surface area contributed by atoms with Crippen molar-refractivity contribution in [1.29, 1.82) is 0 Å². The molecule has 0 radical (unpaired) electrons. The first-order valence-electron chi connectivity index (χ1n) is 6.18. The number of anilines is 1. The summed E-state index contributed by atoms with van der Waals surface area (Å²) in [4.78, 5) is 13.8. The van der Waals surface area contributed by atoms with Crippen LogP contribution in [0.3, 0.4) is 0 Å². The highest BCUT2D eigenvalue weighted by Gasteiger charge is 2.20. The van der Waals surface area contributed by atoms with E-state index in [2.05, 4.69) is 10.4 Å². The number of rotatable bonds is 7. The van der Waals surface area contributed by atoms with Crippen LogP contribution in [0.15, 0.2) is 0 Å². The van der Waals surface area contributed by atoms with Gasteiger partial charge >= 0.3 is 0 Å². The van der Waals surface area contributed by atoms with Gasteiger partial charge in [-0.3, -0.25) is 9.48 Å². The zero-order valence-electron chi connectivity index (χ0n) is 12.3. The number of ether oxygens (including phenoxy) is 1. The van der Waals surface area contributed by atoms with Crippen LogP contribution in [-0.4, -0.2) is 54.5 Å². The molecule has 0 atom stereocenters. The third kappa shape index (κ3) is 3.91. The third-order valence-corrected chi connectivity index (χ3v) is 3.01. The summed E-state index contributed by atoms with van der Waals surface area (Å²) in [6, 6.07) is 0. The molecule has 20 heavy (non-hydrogen) atoms. The van der Waals surface area contributed by atoms with Crippen molar-refractivity contribution in [2.75, 3.05) is 38.8 Å². The molecule has 0 saturated heterocycles. The van der Waals surface area contributed by atoms with E-state index in [0.29, 0.717) is 18.7 Å². The van der Waals surface area contributed by atoms with E-state index in [9.17, 15) is 4.79 Å². The molecule has 1 aromatic rings. The fourth-order valence-electron chi connectivity index (χ4n) is 2.01. The predicted octanol–water partition coefficient (Wildman–Crippen LogP) is -0.438. The first-order valence-corrected chi connectivity index (χ1v) is 6.59. The summed E-state index contributed by atoms with van der Waals surface area (Å²) >= 11 is 5.05. The van der Waals surface area contributed by atoms with Gasteiger partial charge in [0.2, 0.25) is 5.91 Å². The lowest BCUT2D eigenvalue weighted by molar-refractivity contribution is -0.119. The molecule has 1 aromatic heterocycles. The van der Waals surface area contributed by atoms with Gasteiger partial charge in [-0.2, -0.15) is 5.10 Å². The molecule has 0 saturated carbocycles. The maximum Gasteiger partial charge on any atom is 0.239 e. The van der Waals surface area contributed by atoms with Gasteiger partial charge in [0, 0.05) is 27.7 Å². The molecule has 7 nitrogen and oxygen atoms in total. The zero-order valence-corrected chi connectivity index (χ0v) is 13.1. The molecule has 0 aliphatic rings. The van der Waals surface area contributed by atoms with Gasteiger partial charge in [0.15, 0.2) is 0 Å². The monoisotopic (exact) mass is 299 g/mol. The zero-order chi connectivity index (χ0) is 15.3. The number of amides is 1. The Balaban J connectivity index is 2.80. The van der Waals surface area contributed by atoms with Crippen LogP contribution in [0, 0.1) is 6.92 Å². The van der Waals surface area contributed by atoms with Crippen LogP contribution in [0.1, 0.15) is 11.3 Å². The smallest absolute Gasteiger partial charge is 0.239 e. The largest absolute Gasteiger partial charge is 0.389 e. The highest BCUT2D eigenvalue weighted by molar-refractivity contribution is 7.80. The summed E-state index contributed by atoms with van der Waals surface area (Å²) in [5.41, 5.74) is 7.18. The molecule has 3 N–H and O–H groups in total. The molecule has 0 aromatic carbocycles. The second-order valence-corrected chi connectivity index (χ2v) is 4.91. The highest BCUT2D eigenvalue weighted by Crippen LogP contribution is 2.21. The molecule has 1 rings (SSSR count). The van der Waals surface area contributed by atoms with E-state index >= 15 is 0 Å². The molecule has 0 aliphatic carbocycles. The molecule has 8 heteroatoms. The molecule has 112 valence electrons. The molecular weight excluding hydrogens is 278 g/mol. The first-order chi connectivity index (χ1) is 9.38. The quantitative estimate of drug-likeness (QED) is 0.524. The minimum absolute atomic E-state index is 0.0997. The molecule has 1 heterocycles. The Kier molecular flexibility index (Phi) is 5.90. The second-order valence-electron chi connectivity index (χ2n) is 4.47. The maximum absolute atomic E-state index is 11.8. The first kappa shape index (κ1) is 16.4. The van der Waals surface area contributed by atoms with Crippen molar-refractivity contribution in [2.45, 2.75) is 6.92 Å². The number of hydrogen-bond donors (Lipinski definition) is 2. The number of carbonyl (C=O) groups excluding carboxylic acids is 1. The Morgan fingerprint density at radius 3 is 2.80 bits per heavy atom. The van der Waals surface area contributed by atoms with Gasteiger partial charge in [-0.15, -0.1) is 0 Å². The van der Waals surface area contributed by atoms with E-state index in [1.807, 2.05) is 6.92 Å². The molecule has 0 aliphatic heterocycles. The number of nitrogens with zero attached hydrogens (tertiary/aromatic N) is 3. The van der Waals surface area contributed by atoms with E-state index in [1.165, 1.54) is 0 Å². The third-order valence-electron chi connectivity index (χ3n) is 2.81. The van der Waals surface area contributed by atoms with E-state index in [1.54, 1.807) is 30.8 Å². The van der Waals surface area contributed by atoms with Crippen LogP contribution in [0.4, 0.5) is 5.82 Å². The number of nitrogens with one attached hydrogen (secondary N) is 1. The number of aromatic nitrogens is 2. The minimum Gasteiger partial charge on any atom is -0.389 e. The number of thiocarbonyl (C=S) groups is 1. The van der Waals surface area contributed by atoms with Gasteiger partial charge in [0.25, 0.3) is 0 Å². The molecule has 0 fully saturated rings. The Morgan fingerprint density at radius 2 is 2.25 bits per heavy atom. The van der Waals surface area contributed by atoms with Crippen molar-refractivity contribution in [3.63, 3.8) is 0 Å². The summed E-state index contributed by atoms with van der Waals surface area (Å²) in [5.74, 6) is 0.634. The number of aryl methyl sites for hydroxylation is 2. The molecule has 0 spiro atoms. The van der Waals surface area contributed by atoms with Crippen molar-refractivity contribution in [2.24, 2.45) is 12.8 Å². The summed E-state index contributed by atoms with van der Waals surface area (Å²) in [6.45, 7) is 3.00. The van der Waals surface area contributed by atoms with Crippen molar-refractivity contribution in [3.05, 3.63) is 11.3 Å². The van der Waals surface area contributed by atoms with Crippen LogP contribution >= 0.6 is 12.2 Å². The average molecular weight is 299 g/mol. The molecular formula is C12H21N5O2S. The summed E-state index contributed by atoms with van der Waals surface area (Å²) in [7, 11) is 5.18. The van der Waals surface area contributed by atoms with Crippen molar-refractivity contribution in [1.82, 2.24) is 15.1 Å². The van der Waals surface area contributed by atoms with Crippen LogP contribution in [0.5, 0.6) is 0 Å². The van der Waals surface area contributed by atoms with E-state index < -0.39 is 0 Å². The van der Waals surface area contributed by atoms with Gasteiger partial charge in [0.1, 0.15) is 10.8 Å². The SMILES string of the molecule is COCCNC(=O)CN(C)c1c(C(N)=S)c(C)nn1C. The topological polar surface area (TPSA) is 85.4 Å². The lowest BCUT2D eigenvalue weighted by Gasteiger charge is -2.20. The molecule has 0 bridgehead atoms. The second kappa shape index (κ2) is 7.20. The number of methoxy groups -OCH3 is 1. The van der Waals surface area contributed by atoms with Crippen LogP contribution in [0.2, 0.25) is 0 Å². The maximum atomic E-state index is 11.8. The highest BCUT2D eigenvalue weighted by atomic mass is 32.1. The summed E-state index contributed by atoms with van der Waals surface area (Å²) in [6.07, 6.45) is 0. The summed E-state index contributed by atoms with van der Waals surface area (Å²) in [5, 5.41) is 7.05. The van der Waals surface area contributed by atoms with E-state index in [4.69, 9.17) is 22.7 Å². The van der Waals surface area contributed by atoms with Gasteiger partial charge in [-0.25, -0.2) is 0 Å². The van der Waals surface area contributed by atoms with E-state index in [-0.39, 0.29) is 17.4 Å². The fourth-order valence-corrected chi connectivity index (χ4v) is 2.25. The number of hydrogen-bond acceptors (Lipinski definition) is 5. The van der Waals surface area contributed by atoms with Gasteiger partial charge in [-0.1, -0.05) is 12.2 Å². The van der Waals surface area contributed by atoms with Gasteiger partial charge in [0.05, 0.1) is 24.4 Å². The Morgan fingerprint density at radius 1 is 1.60 bits per heavy atom. The van der Waals surface area contributed by atoms with E-state index in [0.717, 1.165) is 11.5 Å². The number of nitrogens with two attached hydrogens (primary N) is 1. The fraction of sp³-hybridized carbons (Fsp3) is 0.583. The van der Waals surface area contributed by atoms with Crippen molar-refractivity contribution in [3.8, 4) is 0 Å². The van der Waals surface area contributed by atoms with Crippen LogP contribution in [-0.2, 0) is 16.6 Å². The Bertz CT molecular complexity index is 500. The van der Waals surface area contributed by atoms with Crippen molar-refractivity contribution >= 4 is 28.9 Å². The van der Waals surface area contributed by atoms with Crippen LogP contribution < -0.4 is 16.0 Å². The van der Waals surface area contributed by atoms with Gasteiger partial charge < -0.3 is 20.7 Å². The number of carbonyl (C=O) groups is 1. The molecule has 0 unspecified atom stereocenters. The Hall–Kier alpha value is -1.67. The van der Waals surface area contributed by atoms with Crippen LogP contribution in [0.25, 0.3) is 0 Å².